The van der Waals surface area contributed by atoms with Crippen LogP contribution in [-0.2, 0) is 13.9 Å². The Hall–Kier alpha value is -0.553. The molecule has 0 aliphatic carbocycles. The Kier molecular flexibility index (Phi) is 4.73. The van der Waals surface area contributed by atoms with Crippen molar-refractivity contribution in [2.24, 2.45) is 5.41 Å². The molecule has 0 saturated carbocycles. The average molecular weight is 288 g/mol. The van der Waals surface area contributed by atoms with Crippen LogP contribution in [0.3, 0.4) is 0 Å². The zero-order valence-corrected chi connectivity index (χ0v) is 14.3. The van der Waals surface area contributed by atoms with Gasteiger partial charge in [0.25, 0.3) is 0 Å². The quantitative estimate of drug-likeness (QED) is 0.567. The molecule has 1 heterocycles. The summed E-state index contributed by atoms with van der Waals surface area (Å²) in [6, 6.07) is 0. The summed E-state index contributed by atoms with van der Waals surface area (Å²) in [5, 5.41) is 0.214. The van der Waals surface area contributed by atoms with Crippen LogP contribution in [0.1, 0.15) is 41.0 Å². The normalized spacial score (nSPS) is 21.2. The molecule has 1 rings (SSSR count). The smallest absolute Gasteiger partial charge is 0.430 e. The van der Waals surface area contributed by atoms with Crippen molar-refractivity contribution in [3.8, 4) is 0 Å². The molecule has 0 bridgehead atoms. The fourth-order valence-corrected chi connectivity index (χ4v) is 2.92. The maximum Gasteiger partial charge on any atom is 0.508 e. The molecule has 1 fully saturated rings. The first kappa shape index (κ1) is 16.5. The Morgan fingerprint density at radius 1 is 1.26 bits per heavy atom. The van der Waals surface area contributed by atoms with E-state index in [0.717, 1.165) is 6.42 Å². The second-order valence-electron chi connectivity index (χ2n) is 7.72. The summed E-state index contributed by atoms with van der Waals surface area (Å²) >= 11 is 0. The third kappa shape index (κ3) is 4.80. The maximum atomic E-state index is 10.9. The van der Waals surface area contributed by atoms with E-state index in [1.54, 1.807) is 0 Å². The first-order chi connectivity index (χ1) is 8.43. The fraction of sp³-hybridized carbons (Fsp3) is 0.929. The molecule has 0 aromatic heterocycles. The summed E-state index contributed by atoms with van der Waals surface area (Å²) < 4.78 is 16.2. The van der Waals surface area contributed by atoms with Gasteiger partial charge in [0.05, 0.1) is 0 Å². The van der Waals surface area contributed by atoms with Crippen molar-refractivity contribution in [2.45, 2.75) is 65.3 Å². The minimum absolute atomic E-state index is 0.0197. The number of carbonyl (C=O) groups excluding carboxylic acids is 1. The first-order valence-corrected chi connectivity index (χ1v) is 9.81. The molecule has 1 aliphatic heterocycles. The number of hydrogen-bond acceptors (Lipinski definition) is 4. The predicted molar refractivity (Wildman–Crippen MR) is 77.8 cm³/mol. The molecule has 1 unspecified atom stereocenters. The van der Waals surface area contributed by atoms with E-state index in [1.807, 2.05) is 0 Å². The summed E-state index contributed by atoms with van der Waals surface area (Å²) in [5.74, 6) is 0. The lowest BCUT2D eigenvalue weighted by molar-refractivity contribution is 0.0793. The van der Waals surface area contributed by atoms with Crippen LogP contribution >= 0.6 is 0 Å². The van der Waals surface area contributed by atoms with Crippen molar-refractivity contribution in [3.63, 3.8) is 0 Å². The predicted octanol–water partition coefficient (Wildman–Crippen LogP) is 3.96. The molecule has 1 saturated heterocycles. The zero-order chi connectivity index (χ0) is 14.9. The lowest BCUT2D eigenvalue weighted by atomic mass is 9.88. The number of carbonyl (C=O) groups is 1. The number of ether oxygens (including phenoxy) is 2. The molecule has 0 radical (unpaired) electrons. The van der Waals surface area contributed by atoms with Crippen LogP contribution in [0.4, 0.5) is 4.79 Å². The number of rotatable bonds is 5. The third-order valence-corrected chi connectivity index (χ3v) is 8.54. The van der Waals surface area contributed by atoms with Gasteiger partial charge >= 0.3 is 6.16 Å². The Balaban J connectivity index is 2.49. The van der Waals surface area contributed by atoms with Crippen molar-refractivity contribution in [2.75, 3.05) is 13.2 Å². The van der Waals surface area contributed by atoms with Crippen molar-refractivity contribution in [1.29, 1.82) is 0 Å². The van der Waals surface area contributed by atoms with E-state index in [9.17, 15) is 4.79 Å². The van der Waals surface area contributed by atoms with E-state index in [-0.39, 0.29) is 16.6 Å². The minimum Gasteiger partial charge on any atom is -0.430 e. The van der Waals surface area contributed by atoms with E-state index in [1.165, 1.54) is 0 Å². The van der Waals surface area contributed by atoms with Gasteiger partial charge in [0.2, 0.25) is 0 Å². The van der Waals surface area contributed by atoms with Gasteiger partial charge in [-0.25, -0.2) is 4.79 Å². The van der Waals surface area contributed by atoms with E-state index in [2.05, 4.69) is 47.7 Å². The van der Waals surface area contributed by atoms with Crippen molar-refractivity contribution < 1.29 is 18.7 Å². The average Bonchev–Trinajstić information content (AvgIpc) is 2.59. The molecule has 0 aromatic rings. The van der Waals surface area contributed by atoms with Crippen LogP contribution in [-0.4, -0.2) is 33.8 Å². The molecule has 0 N–H and O–H groups in total. The Morgan fingerprint density at radius 3 is 2.26 bits per heavy atom. The topological polar surface area (TPSA) is 44.8 Å². The lowest BCUT2D eigenvalue weighted by Crippen LogP contribution is -2.43. The van der Waals surface area contributed by atoms with Crippen LogP contribution in [0.5, 0.6) is 0 Å². The summed E-state index contributed by atoms with van der Waals surface area (Å²) in [6.45, 7) is 16.6. The van der Waals surface area contributed by atoms with Gasteiger partial charge in [-0.05, 0) is 30.0 Å². The lowest BCUT2D eigenvalue weighted by Gasteiger charge is -2.39. The Bertz CT molecular complexity index is 331. The highest BCUT2D eigenvalue weighted by Gasteiger charge is 2.39. The van der Waals surface area contributed by atoms with Gasteiger partial charge in [0, 0.05) is 6.61 Å². The standard InChI is InChI=1S/C14H28O4Si/c1-13(2,3)19(6,7)17-10-14(4,5)8-11-9-16-12(15)18-11/h11H,8-10H2,1-7H3. The van der Waals surface area contributed by atoms with Crippen LogP contribution in [0, 0.1) is 5.41 Å². The molecule has 0 amide bonds. The second kappa shape index (κ2) is 5.44. The monoisotopic (exact) mass is 288 g/mol. The molecule has 112 valence electrons. The summed E-state index contributed by atoms with van der Waals surface area (Å²) in [6.07, 6.45) is 0.0875. The van der Waals surface area contributed by atoms with Gasteiger partial charge in [0.15, 0.2) is 8.32 Å². The summed E-state index contributed by atoms with van der Waals surface area (Å²) in [7, 11) is -1.72. The SMILES string of the molecule is CC(C)(CO[Si](C)(C)C(C)(C)C)CC1COC(=O)O1. The highest BCUT2D eigenvalue weighted by Crippen LogP contribution is 2.38. The van der Waals surface area contributed by atoms with E-state index >= 15 is 0 Å². The Labute approximate surface area is 117 Å². The molecule has 19 heavy (non-hydrogen) atoms. The first-order valence-electron chi connectivity index (χ1n) is 6.90. The molecule has 4 nitrogen and oxygen atoms in total. The molecule has 1 aliphatic rings. The molecule has 0 spiro atoms. The van der Waals surface area contributed by atoms with Crippen molar-refractivity contribution >= 4 is 14.5 Å². The number of hydrogen-bond donors (Lipinski definition) is 0. The summed E-state index contributed by atoms with van der Waals surface area (Å²) in [4.78, 5) is 10.9. The van der Waals surface area contributed by atoms with E-state index in [0.29, 0.717) is 13.2 Å². The van der Waals surface area contributed by atoms with Crippen LogP contribution in [0.15, 0.2) is 0 Å². The van der Waals surface area contributed by atoms with Gasteiger partial charge in [-0.1, -0.05) is 34.6 Å². The number of cyclic esters (lactones) is 2. The van der Waals surface area contributed by atoms with Crippen molar-refractivity contribution in [3.05, 3.63) is 0 Å². The van der Waals surface area contributed by atoms with Crippen LogP contribution < -0.4 is 0 Å². The van der Waals surface area contributed by atoms with Gasteiger partial charge in [-0.2, -0.15) is 0 Å². The highest BCUT2D eigenvalue weighted by atomic mass is 28.4. The summed E-state index contributed by atoms with van der Waals surface area (Å²) in [5.41, 5.74) is -0.0197. The molecule has 5 heteroatoms. The van der Waals surface area contributed by atoms with Gasteiger partial charge in [-0.15, -0.1) is 0 Å². The van der Waals surface area contributed by atoms with Gasteiger partial charge in [-0.3, -0.25) is 0 Å². The largest absolute Gasteiger partial charge is 0.508 e. The Morgan fingerprint density at radius 2 is 1.84 bits per heavy atom. The van der Waals surface area contributed by atoms with E-state index < -0.39 is 14.5 Å². The second-order valence-corrected chi connectivity index (χ2v) is 12.5. The zero-order valence-electron chi connectivity index (χ0n) is 13.3. The van der Waals surface area contributed by atoms with Crippen LogP contribution in [0.25, 0.3) is 0 Å². The van der Waals surface area contributed by atoms with Gasteiger partial charge < -0.3 is 13.9 Å². The van der Waals surface area contributed by atoms with E-state index in [4.69, 9.17) is 13.9 Å². The minimum atomic E-state index is -1.72. The fourth-order valence-electron chi connectivity index (χ4n) is 1.73. The molecule has 1 atom stereocenters. The third-order valence-electron chi connectivity index (χ3n) is 4.06. The molecular weight excluding hydrogens is 260 g/mol. The highest BCUT2D eigenvalue weighted by molar-refractivity contribution is 6.74. The van der Waals surface area contributed by atoms with Crippen molar-refractivity contribution in [1.82, 2.24) is 0 Å². The molecular formula is C14H28O4Si. The van der Waals surface area contributed by atoms with Gasteiger partial charge in [0.1, 0.15) is 12.7 Å². The maximum absolute atomic E-state index is 10.9. The van der Waals surface area contributed by atoms with Crippen LogP contribution in [0.2, 0.25) is 18.1 Å². The molecule has 0 aromatic carbocycles.